The van der Waals surface area contributed by atoms with Crippen LogP contribution in [0.2, 0.25) is 0 Å². The van der Waals surface area contributed by atoms with Crippen molar-refractivity contribution in [3.05, 3.63) is 0 Å². The topological polar surface area (TPSA) is 122 Å². The molecule has 38 heavy (non-hydrogen) atoms. The summed E-state index contributed by atoms with van der Waals surface area (Å²) in [5.74, 6) is 1.67. The number of carbonyl (C=O) groups excluding carboxylic acids is 1. The van der Waals surface area contributed by atoms with Gasteiger partial charge in [0.05, 0.1) is 31.0 Å². The van der Waals surface area contributed by atoms with Crippen molar-refractivity contribution in [3.63, 3.8) is 0 Å². The highest BCUT2D eigenvalue weighted by Crippen LogP contribution is 2.68. The Kier molecular flexibility index (Phi) is 8.97. The maximum absolute atomic E-state index is 12.4. The summed E-state index contributed by atoms with van der Waals surface area (Å²) in [7, 11) is 0. The molecule has 4 fully saturated rings. The molecule has 0 aromatic heterocycles. The summed E-state index contributed by atoms with van der Waals surface area (Å²) in [5, 5.41) is 33.3. The number of aliphatic hydroxyl groups excluding tert-OH is 3. The van der Waals surface area contributed by atoms with Gasteiger partial charge in [-0.2, -0.15) is 0 Å². The Hall–Kier alpha value is -0.730. The van der Waals surface area contributed by atoms with Crippen molar-refractivity contribution in [2.24, 2.45) is 52.1 Å². The molecule has 0 amide bonds. The molecule has 0 aromatic carbocycles. The minimum atomic E-state index is -0.627. The largest absolute Gasteiger partial charge is 0.460 e. The number of fused-ring (bicyclic) bond motifs is 5. The van der Waals surface area contributed by atoms with Crippen LogP contribution < -0.4 is 5.73 Å². The van der Waals surface area contributed by atoms with E-state index in [1.807, 2.05) is 20.8 Å². The van der Waals surface area contributed by atoms with Gasteiger partial charge >= 0.3 is 5.97 Å². The van der Waals surface area contributed by atoms with Gasteiger partial charge in [0.25, 0.3) is 0 Å². The number of nitrogens with two attached hydrogens (primary N) is 1. The van der Waals surface area contributed by atoms with E-state index in [4.69, 9.17) is 15.2 Å². The zero-order chi connectivity index (χ0) is 28.0. The second-order valence-corrected chi connectivity index (χ2v) is 14.8. The second kappa shape index (κ2) is 11.3. The predicted octanol–water partition coefficient (Wildman–Crippen LogP) is 4.05. The lowest BCUT2D eigenvalue weighted by atomic mass is 9.43. The lowest BCUT2D eigenvalue weighted by Gasteiger charge is -2.63. The van der Waals surface area contributed by atoms with Gasteiger partial charge in [0.2, 0.25) is 0 Å². The first kappa shape index (κ1) is 30.2. The van der Waals surface area contributed by atoms with Crippen molar-refractivity contribution in [1.29, 1.82) is 0 Å². The molecule has 5 N–H and O–H groups in total. The van der Waals surface area contributed by atoms with E-state index in [1.54, 1.807) is 0 Å². The Morgan fingerprint density at radius 1 is 1.08 bits per heavy atom. The van der Waals surface area contributed by atoms with Gasteiger partial charge in [-0.05, 0) is 118 Å². The number of esters is 1. The molecule has 7 heteroatoms. The Balaban J connectivity index is 1.45. The summed E-state index contributed by atoms with van der Waals surface area (Å²) in [6.07, 6.45) is 6.38. The highest BCUT2D eigenvalue weighted by atomic mass is 16.6. The Bertz CT molecular complexity index is 830. The summed E-state index contributed by atoms with van der Waals surface area (Å²) in [5.41, 5.74) is 4.92. The standard InChI is InChI=1S/C31H55NO6/c1-18(7-10-27(36)38-29(2,3)4)22-8-9-23-28-24(15-26(35)31(22,23)6)30(5)12-11-21(37-17-20(33)16-32)13-19(30)14-25(28)34/h18-26,28,33-35H,7-17,32H2,1-6H3/t18-,19+,20?,21-,22-,23+,24+,25-,26+,28+,30+,31-/m1/s1. The van der Waals surface area contributed by atoms with Crippen LogP contribution in [0, 0.1) is 46.3 Å². The molecular formula is C31H55NO6. The van der Waals surface area contributed by atoms with Crippen LogP contribution in [-0.4, -0.2) is 64.5 Å². The molecule has 7 nitrogen and oxygen atoms in total. The van der Waals surface area contributed by atoms with Crippen molar-refractivity contribution < 1.29 is 29.6 Å². The average Bonchev–Trinajstić information content (AvgIpc) is 3.19. The van der Waals surface area contributed by atoms with Crippen LogP contribution in [0.5, 0.6) is 0 Å². The van der Waals surface area contributed by atoms with Gasteiger partial charge in [0.1, 0.15) is 5.60 Å². The van der Waals surface area contributed by atoms with Crippen molar-refractivity contribution in [3.8, 4) is 0 Å². The maximum atomic E-state index is 12.4. The van der Waals surface area contributed by atoms with Crippen LogP contribution in [-0.2, 0) is 14.3 Å². The molecule has 0 saturated heterocycles. The fraction of sp³-hybridized carbons (Fsp3) is 0.968. The van der Waals surface area contributed by atoms with Gasteiger partial charge in [-0.15, -0.1) is 0 Å². The molecule has 4 rings (SSSR count). The highest BCUT2D eigenvalue weighted by Gasteiger charge is 2.65. The number of hydrogen-bond acceptors (Lipinski definition) is 7. The number of carbonyl (C=O) groups is 1. The van der Waals surface area contributed by atoms with Gasteiger partial charge in [-0.3, -0.25) is 4.79 Å². The molecule has 4 saturated carbocycles. The molecule has 4 aliphatic carbocycles. The summed E-state index contributed by atoms with van der Waals surface area (Å²) < 4.78 is 11.6. The SMILES string of the molecule is C[C@H](CCC(=O)OC(C)(C)C)[C@H]1CC[C@H]2[C@@H]3[C@H](O)C[C@@H]4C[C@H](OCC(O)CN)CC[C@]4(C)[C@H]3C[C@H](O)[C@]12C. The summed E-state index contributed by atoms with van der Waals surface area (Å²) in [6.45, 7) is 13.1. The van der Waals surface area contributed by atoms with Gasteiger partial charge < -0.3 is 30.5 Å². The molecule has 0 aromatic rings. The zero-order valence-electron chi connectivity index (χ0n) is 24.7. The van der Waals surface area contributed by atoms with Gasteiger partial charge in [-0.1, -0.05) is 20.8 Å². The molecule has 220 valence electrons. The molecule has 0 aliphatic heterocycles. The Labute approximate surface area is 230 Å². The molecule has 0 bridgehead atoms. The minimum absolute atomic E-state index is 0.0823. The van der Waals surface area contributed by atoms with E-state index < -0.39 is 17.8 Å². The molecular weight excluding hydrogens is 482 g/mol. The normalized spacial score (nSPS) is 44.5. The van der Waals surface area contributed by atoms with Crippen LogP contribution in [0.3, 0.4) is 0 Å². The third-order valence-electron chi connectivity index (χ3n) is 11.5. The van der Waals surface area contributed by atoms with Crippen molar-refractivity contribution in [1.82, 2.24) is 0 Å². The first-order valence-corrected chi connectivity index (χ1v) is 15.3. The number of rotatable bonds is 8. The maximum Gasteiger partial charge on any atom is 0.306 e. The summed E-state index contributed by atoms with van der Waals surface area (Å²) in [4.78, 5) is 12.4. The van der Waals surface area contributed by atoms with Gasteiger partial charge in [-0.25, -0.2) is 0 Å². The smallest absolute Gasteiger partial charge is 0.306 e. The van der Waals surface area contributed by atoms with E-state index in [1.165, 1.54) is 0 Å². The van der Waals surface area contributed by atoms with Crippen LogP contribution in [0.4, 0.5) is 0 Å². The fourth-order valence-electron chi connectivity index (χ4n) is 9.52. The summed E-state index contributed by atoms with van der Waals surface area (Å²) in [6, 6.07) is 0. The number of aliphatic hydroxyl groups is 3. The molecule has 4 aliphatic rings. The van der Waals surface area contributed by atoms with Gasteiger partial charge in [0, 0.05) is 13.0 Å². The van der Waals surface area contributed by atoms with Crippen molar-refractivity contribution in [2.45, 2.75) is 129 Å². The van der Waals surface area contributed by atoms with Gasteiger partial charge in [0.15, 0.2) is 0 Å². The van der Waals surface area contributed by atoms with Crippen molar-refractivity contribution >= 4 is 5.97 Å². The third-order valence-corrected chi connectivity index (χ3v) is 11.5. The second-order valence-electron chi connectivity index (χ2n) is 14.8. The van der Waals surface area contributed by atoms with Crippen LogP contribution in [0.25, 0.3) is 0 Å². The lowest BCUT2D eigenvalue weighted by molar-refractivity contribution is -0.210. The molecule has 12 atom stereocenters. The molecule has 1 unspecified atom stereocenters. The van der Waals surface area contributed by atoms with Crippen LogP contribution in [0.15, 0.2) is 0 Å². The fourth-order valence-corrected chi connectivity index (χ4v) is 9.52. The van der Waals surface area contributed by atoms with Crippen molar-refractivity contribution in [2.75, 3.05) is 13.2 Å². The lowest BCUT2D eigenvalue weighted by Crippen LogP contribution is -2.62. The quantitative estimate of drug-likeness (QED) is 0.345. The first-order valence-electron chi connectivity index (χ1n) is 15.3. The summed E-state index contributed by atoms with van der Waals surface area (Å²) >= 11 is 0. The number of ether oxygens (including phenoxy) is 2. The van der Waals surface area contributed by atoms with E-state index in [0.717, 1.165) is 51.4 Å². The molecule has 0 heterocycles. The number of hydrogen-bond donors (Lipinski definition) is 4. The Morgan fingerprint density at radius 2 is 1.79 bits per heavy atom. The van der Waals surface area contributed by atoms with E-state index in [-0.39, 0.29) is 48.1 Å². The van der Waals surface area contributed by atoms with E-state index in [2.05, 4.69) is 20.8 Å². The molecule has 0 radical (unpaired) electrons. The third kappa shape index (κ3) is 5.70. The Morgan fingerprint density at radius 3 is 2.45 bits per heavy atom. The van der Waals surface area contributed by atoms with Crippen LogP contribution >= 0.6 is 0 Å². The highest BCUT2D eigenvalue weighted by molar-refractivity contribution is 5.69. The minimum Gasteiger partial charge on any atom is -0.460 e. The monoisotopic (exact) mass is 537 g/mol. The van der Waals surface area contributed by atoms with E-state index >= 15 is 0 Å². The van der Waals surface area contributed by atoms with E-state index in [0.29, 0.717) is 36.0 Å². The predicted molar refractivity (Wildman–Crippen MR) is 147 cm³/mol. The first-order chi connectivity index (χ1) is 17.7. The van der Waals surface area contributed by atoms with Crippen LogP contribution in [0.1, 0.15) is 99.3 Å². The molecule has 0 spiro atoms. The average molecular weight is 538 g/mol. The van der Waals surface area contributed by atoms with E-state index in [9.17, 15) is 20.1 Å². The zero-order valence-corrected chi connectivity index (χ0v) is 24.7.